The van der Waals surface area contributed by atoms with Gasteiger partial charge in [-0.05, 0) is 36.5 Å². The number of rotatable bonds is 6. The quantitative estimate of drug-likeness (QED) is 0.546. The summed E-state index contributed by atoms with van der Waals surface area (Å²) >= 11 is 6.00. The number of hydrogen-bond donors (Lipinski definition) is 0. The lowest BCUT2D eigenvalue weighted by Gasteiger charge is -2.37. The molecule has 1 heterocycles. The van der Waals surface area contributed by atoms with Crippen LogP contribution in [0, 0.1) is 11.8 Å². The maximum Gasteiger partial charge on any atom is 0.329 e. The van der Waals surface area contributed by atoms with Gasteiger partial charge in [-0.1, -0.05) is 64.3 Å². The van der Waals surface area contributed by atoms with Crippen LogP contribution in [0.3, 0.4) is 0 Å². The first-order valence-corrected chi connectivity index (χ1v) is 12.5. The van der Waals surface area contributed by atoms with Gasteiger partial charge < -0.3 is 19.3 Å². The van der Waals surface area contributed by atoms with E-state index in [0.717, 1.165) is 5.56 Å². The van der Waals surface area contributed by atoms with Gasteiger partial charge in [0.25, 0.3) is 11.8 Å². The molecule has 2 rings (SSSR count). The summed E-state index contributed by atoms with van der Waals surface area (Å²) in [7, 11) is 2.99. The fourth-order valence-corrected chi connectivity index (χ4v) is 4.42. The number of carbonyl (C=O) groups is 4. The van der Waals surface area contributed by atoms with Crippen LogP contribution in [-0.2, 0) is 35.1 Å². The topological polar surface area (TPSA) is 93.2 Å². The van der Waals surface area contributed by atoms with E-state index in [2.05, 4.69) is 0 Å². The first kappa shape index (κ1) is 28.6. The third-order valence-electron chi connectivity index (χ3n) is 6.89. The van der Waals surface area contributed by atoms with Crippen LogP contribution < -0.4 is 0 Å². The first-order valence-electron chi connectivity index (χ1n) is 12.1. The Bertz CT molecular complexity index is 913. The van der Waals surface area contributed by atoms with Gasteiger partial charge in [-0.2, -0.15) is 0 Å². The van der Waals surface area contributed by atoms with Crippen molar-refractivity contribution in [2.45, 2.75) is 78.2 Å². The Morgan fingerprint density at radius 2 is 1.29 bits per heavy atom. The van der Waals surface area contributed by atoms with Crippen molar-refractivity contribution in [2.75, 3.05) is 14.1 Å². The Labute approximate surface area is 212 Å². The molecule has 0 aliphatic carbocycles. The van der Waals surface area contributed by atoms with E-state index in [1.807, 2.05) is 27.7 Å². The minimum absolute atomic E-state index is 0.0929. The highest BCUT2D eigenvalue weighted by atomic mass is 35.5. The molecule has 2 unspecified atom stereocenters. The minimum atomic E-state index is -1.19. The summed E-state index contributed by atoms with van der Waals surface area (Å²) in [5.74, 6) is -2.86. The maximum absolute atomic E-state index is 13.7. The lowest BCUT2D eigenvalue weighted by Crippen LogP contribution is -2.56. The predicted molar refractivity (Wildman–Crippen MR) is 133 cm³/mol. The van der Waals surface area contributed by atoms with E-state index < -0.39 is 48.0 Å². The van der Waals surface area contributed by atoms with Gasteiger partial charge in [-0.3, -0.25) is 9.59 Å². The van der Waals surface area contributed by atoms with Crippen LogP contribution in [0.2, 0.25) is 5.02 Å². The monoisotopic (exact) mass is 508 g/mol. The Morgan fingerprint density at radius 1 is 0.829 bits per heavy atom. The molecule has 0 spiro atoms. The standard InChI is InChI=1S/C26H37ClN2O6/c1-8-15(3)21-25(32)34-17(5)23(30)28(6)22(16(4)9-2)26(33)35-20(24(31)29(21)7)14-18-10-12-19(27)13-11-18/h10-13,15-17,20-22H,8-9,14H2,1-7H3/t15?,16?,17-,20-,21+,22+/m1/s1. The molecule has 2 amide bonds. The Hall–Kier alpha value is -2.61. The van der Waals surface area contributed by atoms with Crippen LogP contribution in [0.1, 0.15) is 53.0 Å². The molecular formula is C26H37ClN2O6. The van der Waals surface area contributed by atoms with Crippen molar-refractivity contribution in [1.82, 2.24) is 9.80 Å². The zero-order valence-corrected chi connectivity index (χ0v) is 22.4. The molecule has 9 heteroatoms. The average molecular weight is 509 g/mol. The number of benzene rings is 1. The van der Waals surface area contributed by atoms with Crippen molar-refractivity contribution in [2.24, 2.45) is 11.8 Å². The SMILES string of the molecule is CCC(C)[C@H]1C(=O)O[C@H](Cc2ccc(Cl)cc2)C(=O)N(C)[C@@H](C(C)CC)C(=O)O[C@H](C)C(=O)N1C. The smallest absolute Gasteiger partial charge is 0.329 e. The number of likely N-dealkylation sites (N-methyl/N-ethyl adjacent to an activating group) is 2. The van der Waals surface area contributed by atoms with Gasteiger partial charge in [0, 0.05) is 25.5 Å². The summed E-state index contributed by atoms with van der Waals surface area (Å²) in [6.45, 7) is 8.94. The average Bonchev–Trinajstić information content (AvgIpc) is 2.82. The molecule has 35 heavy (non-hydrogen) atoms. The van der Waals surface area contributed by atoms with Gasteiger partial charge >= 0.3 is 11.9 Å². The number of hydrogen-bond acceptors (Lipinski definition) is 6. The largest absolute Gasteiger partial charge is 0.451 e. The molecule has 0 saturated carbocycles. The van der Waals surface area contributed by atoms with Crippen LogP contribution in [0.4, 0.5) is 0 Å². The predicted octanol–water partition coefficient (Wildman–Crippen LogP) is 3.49. The number of halogens is 1. The van der Waals surface area contributed by atoms with Crippen molar-refractivity contribution in [3.63, 3.8) is 0 Å². The number of nitrogens with zero attached hydrogens (tertiary/aromatic N) is 2. The van der Waals surface area contributed by atoms with E-state index in [-0.39, 0.29) is 18.3 Å². The first-order chi connectivity index (χ1) is 16.4. The van der Waals surface area contributed by atoms with Crippen LogP contribution in [0.25, 0.3) is 0 Å². The van der Waals surface area contributed by atoms with Crippen molar-refractivity contribution >= 4 is 35.4 Å². The molecule has 1 aromatic rings. The highest BCUT2D eigenvalue weighted by Gasteiger charge is 2.42. The van der Waals surface area contributed by atoms with E-state index in [1.165, 1.54) is 30.8 Å². The minimum Gasteiger partial charge on any atom is -0.451 e. The van der Waals surface area contributed by atoms with Crippen molar-refractivity contribution in [3.05, 3.63) is 34.9 Å². The van der Waals surface area contributed by atoms with Gasteiger partial charge in [0.2, 0.25) is 0 Å². The molecule has 8 nitrogen and oxygen atoms in total. The Morgan fingerprint density at radius 3 is 1.77 bits per heavy atom. The summed E-state index contributed by atoms with van der Waals surface area (Å²) in [6, 6.07) is 5.01. The van der Waals surface area contributed by atoms with Gasteiger partial charge in [0.1, 0.15) is 12.1 Å². The second kappa shape index (κ2) is 12.4. The zero-order valence-electron chi connectivity index (χ0n) is 21.6. The van der Waals surface area contributed by atoms with Gasteiger partial charge in [-0.25, -0.2) is 9.59 Å². The third kappa shape index (κ3) is 6.75. The number of ether oxygens (including phenoxy) is 2. The maximum atomic E-state index is 13.7. The van der Waals surface area contributed by atoms with E-state index in [4.69, 9.17) is 21.1 Å². The summed E-state index contributed by atoms with van der Waals surface area (Å²) in [5.41, 5.74) is 0.738. The molecule has 0 N–H and O–H groups in total. The molecule has 1 aromatic carbocycles. The molecule has 1 saturated heterocycles. The molecule has 1 aliphatic rings. The van der Waals surface area contributed by atoms with Crippen molar-refractivity contribution in [3.8, 4) is 0 Å². The second-order valence-electron chi connectivity index (χ2n) is 9.39. The van der Waals surface area contributed by atoms with E-state index >= 15 is 0 Å². The van der Waals surface area contributed by atoms with Crippen molar-refractivity contribution < 1.29 is 28.7 Å². The van der Waals surface area contributed by atoms with Crippen LogP contribution >= 0.6 is 11.6 Å². The number of cyclic esters (lactones) is 2. The molecule has 0 aromatic heterocycles. The van der Waals surface area contributed by atoms with Gasteiger partial charge in [-0.15, -0.1) is 0 Å². The number of esters is 2. The highest BCUT2D eigenvalue weighted by molar-refractivity contribution is 6.30. The van der Waals surface area contributed by atoms with Gasteiger partial charge in [0.05, 0.1) is 0 Å². The highest BCUT2D eigenvalue weighted by Crippen LogP contribution is 2.24. The van der Waals surface area contributed by atoms with Gasteiger partial charge in [0.15, 0.2) is 12.2 Å². The fraction of sp³-hybridized carbons (Fsp3) is 0.615. The molecule has 6 atom stereocenters. The normalized spacial score (nSPS) is 26.4. The Balaban J connectivity index is 2.57. The molecule has 1 aliphatic heterocycles. The van der Waals surface area contributed by atoms with Crippen molar-refractivity contribution in [1.29, 1.82) is 0 Å². The molecular weight excluding hydrogens is 472 g/mol. The summed E-state index contributed by atoms with van der Waals surface area (Å²) in [5, 5.41) is 0.540. The van der Waals surface area contributed by atoms with E-state index in [0.29, 0.717) is 17.9 Å². The van der Waals surface area contributed by atoms with Crippen LogP contribution in [0.15, 0.2) is 24.3 Å². The third-order valence-corrected chi connectivity index (χ3v) is 7.14. The number of amides is 2. The molecule has 1 fully saturated rings. The summed E-state index contributed by atoms with van der Waals surface area (Å²) in [6.07, 6.45) is -1.03. The van der Waals surface area contributed by atoms with Crippen LogP contribution in [-0.4, -0.2) is 71.9 Å². The number of carbonyl (C=O) groups excluding carboxylic acids is 4. The lowest BCUT2D eigenvalue weighted by molar-refractivity contribution is -0.178. The molecule has 194 valence electrons. The summed E-state index contributed by atoms with van der Waals surface area (Å²) < 4.78 is 11.4. The van der Waals surface area contributed by atoms with E-state index in [1.54, 1.807) is 24.3 Å². The lowest BCUT2D eigenvalue weighted by atomic mass is 9.95. The van der Waals surface area contributed by atoms with Crippen LogP contribution in [0.5, 0.6) is 0 Å². The summed E-state index contributed by atoms with van der Waals surface area (Å²) in [4.78, 5) is 55.9. The fourth-order valence-electron chi connectivity index (χ4n) is 4.30. The second-order valence-corrected chi connectivity index (χ2v) is 9.83. The Kier molecular flexibility index (Phi) is 10.1. The molecule has 0 radical (unpaired) electrons. The zero-order chi connectivity index (χ0) is 26.4. The molecule has 0 bridgehead atoms. The van der Waals surface area contributed by atoms with E-state index in [9.17, 15) is 19.2 Å².